The quantitative estimate of drug-likeness (QED) is 0.250. The minimum Gasteiger partial charge on any atom is -0.495 e. The molecule has 0 unspecified atom stereocenters. The number of anilines is 2. The summed E-state index contributed by atoms with van der Waals surface area (Å²) in [6, 6.07) is 20.2. The van der Waals surface area contributed by atoms with Crippen molar-refractivity contribution < 1.29 is 18.7 Å². The second-order valence-electron chi connectivity index (χ2n) is 9.02. The number of pyridine rings is 1. The van der Waals surface area contributed by atoms with Gasteiger partial charge in [0.05, 0.1) is 24.5 Å². The molecular formula is C29H27ClN4O4S. The van der Waals surface area contributed by atoms with Crippen LogP contribution in [0.1, 0.15) is 29.1 Å². The van der Waals surface area contributed by atoms with E-state index in [-0.39, 0.29) is 24.6 Å². The molecule has 8 nitrogen and oxygen atoms in total. The van der Waals surface area contributed by atoms with Gasteiger partial charge in [-0.1, -0.05) is 23.7 Å². The number of rotatable bonds is 8. The van der Waals surface area contributed by atoms with Crippen LogP contribution in [0.4, 0.5) is 11.4 Å². The van der Waals surface area contributed by atoms with Crippen LogP contribution in [0.5, 0.6) is 5.75 Å². The average molecular weight is 563 g/mol. The van der Waals surface area contributed by atoms with Crippen molar-refractivity contribution in [3.8, 4) is 17.1 Å². The molecule has 4 aromatic rings. The third-order valence-corrected chi connectivity index (χ3v) is 7.04. The maximum absolute atomic E-state index is 12.3. The van der Waals surface area contributed by atoms with Crippen molar-refractivity contribution in [1.29, 1.82) is 0 Å². The standard InChI is InChI=1S/C29H27ClN4O4S/c1-17-7-8-18(30)14-20(17)23-11-12-25(38-23)28-27(21-6-4-5-13-31-21)33-29(39)34(28)19-9-10-24(37-3)22(15-19)32-26(35)16-36-2/h4-15,27-28H,16H2,1-3H3,(H,32,35)(H,33,39)/t27-,28-/m0/s1. The molecule has 1 amide bonds. The van der Waals surface area contributed by atoms with Gasteiger partial charge in [-0.15, -0.1) is 0 Å². The van der Waals surface area contributed by atoms with Gasteiger partial charge in [0.2, 0.25) is 5.91 Å². The topological polar surface area (TPSA) is 88.9 Å². The Hall–Kier alpha value is -3.92. The maximum atomic E-state index is 12.3. The molecule has 0 saturated carbocycles. The van der Waals surface area contributed by atoms with Crippen LogP contribution < -0.4 is 20.3 Å². The molecule has 2 N–H and O–H groups in total. The number of furan rings is 1. The van der Waals surface area contributed by atoms with Crippen LogP contribution in [0.3, 0.4) is 0 Å². The highest BCUT2D eigenvalue weighted by Gasteiger charge is 2.43. The number of aryl methyl sites for hydroxylation is 1. The number of ether oxygens (including phenoxy) is 2. The van der Waals surface area contributed by atoms with Gasteiger partial charge in [0, 0.05) is 29.6 Å². The number of hydrogen-bond acceptors (Lipinski definition) is 6. The summed E-state index contributed by atoms with van der Waals surface area (Å²) in [7, 11) is 3.01. The van der Waals surface area contributed by atoms with Crippen molar-refractivity contribution in [2.75, 3.05) is 31.0 Å². The number of carbonyl (C=O) groups excluding carboxylic acids is 1. The second kappa shape index (κ2) is 11.4. The lowest BCUT2D eigenvalue weighted by Crippen LogP contribution is -2.29. The Kier molecular flexibility index (Phi) is 7.83. The monoisotopic (exact) mass is 562 g/mol. The van der Waals surface area contributed by atoms with Gasteiger partial charge in [-0.2, -0.15) is 0 Å². The highest BCUT2D eigenvalue weighted by Crippen LogP contribution is 2.44. The summed E-state index contributed by atoms with van der Waals surface area (Å²) in [6.07, 6.45) is 1.75. The Morgan fingerprint density at radius 2 is 2.00 bits per heavy atom. The molecule has 2 atom stereocenters. The molecule has 2 aromatic carbocycles. The van der Waals surface area contributed by atoms with E-state index in [1.165, 1.54) is 7.11 Å². The number of hydrogen-bond donors (Lipinski definition) is 2. The first kappa shape index (κ1) is 26.7. The van der Waals surface area contributed by atoms with E-state index in [1.807, 2.05) is 72.5 Å². The molecule has 200 valence electrons. The van der Waals surface area contributed by atoms with E-state index >= 15 is 0 Å². The molecule has 10 heteroatoms. The molecule has 0 radical (unpaired) electrons. The molecule has 0 bridgehead atoms. The number of amides is 1. The predicted octanol–water partition coefficient (Wildman–Crippen LogP) is 6.07. The number of thiocarbonyl (C=S) groups is 1. The summed E-state index contributed by atoms with van der Waals surface area (Å²) in [5.74, 6) is 1.60. The normalized spacial score (nSPS) is 16.7. The first-order valence-electron chi connectivity index (χ1n) is 12.2. The van der Waals surface area contributed by atoms with E-state index < -0.39 is 0 Å². The van der Waals surface area contributed by atoms with Gasteiger partial charge in [-0.3, -0.25) is 9.78 Å². The summed E-state index contributed by atoms with van der Waals surface area (Å²) >= 11 is 12.1. The number of carbonyl (C=O) groups is 1. The lowest BCUT2D eigenvalue weighted by atomic mass is 10.0. The van der Waals surface area contributed by atoms with E-state index in [4.69, 9.17) is 37.7 Å². The molecule has 1 saturated heterocycles. The molecule has 5 rings (SSSR count). The van der Waals surface area contributed by atoms with Gasteiger partial charge in [0.1, 0.15) is 29.9 Å². The average Bonchev–Trinajstić information content (AvgIpc) is 3.55. The summed E-state index contributed by atoms with van der Waals surface area (Å²) < 4.78 is 16.9. The van der Waals surface area contributed by atoms with E-state index in [9.17, 15) is 4.79 Å². The van der Waals surface area contributed by atoms with Gasteiger partial charge in [-0.05, 0) is 79.3 Å². The molecule has 39 heavy (non-hydrogen) atoms. The van der Waals surface area contributed by atoms with Crippen LogP contribution in [-0.4, -0.2) is 36.8 Å². The largest absolute Gasteiger partial charge is 0.495 e. The van der Waals surface area contributed by atoms with Crippen molar-refractivity contribution in [2.24, 2.45) is 0 Å². The van der Waals surface area contributed by atoms with Crippen LogP contribution in [0.2, 0.25) is 5.02 Å². The molecule has 1 aliphatic heterocycles. The van der Waals surface area contributed by atoms with Crippen molar-refractivity contribution in [3.05, 3.63) is 95.0 Å². The zero-order chi connectivity index (χ0) is 27.5. The van der Waals surface area contributed by atoms with Crippen LogP contribution in [-0.2, 0) is 9.53 Å². The Balaban J connectivity index is 1.59. The number of methoxy groups -OCH3 is 2. The smallest absolute Gasteiger partial charge is 0.250 e. The fourth-order valence-corrected chi connectivity index (χ4v) is 5.22. The van der Waals surface area contributed by atoms with Gasteiger partial charge < -0.3 is 29.4 Å². The molecular weight excluding hydrogens is 536 g/mol. The van der Waals surface area contributed by atoms with E-state index in [0.29, 0.717) is 33.1 Å². The third kappa shape index (κ3) is 5.47. The van der Waals surface area contributed by atoms with Gasteiger partial charge in [-0.25, -0.2) is 0 Å². The van der Waals surface area contributed by atoms with Crippen molar-refractivity contribution in [3.63, 3.8) is 0 Å². The van der Waals surface area contributed by atoms with Gasteiger partial charge in [0.15, 0.2) is 5.11 Å². The van der Waals surface area contributed by atoms with E-state index in [0.717, 1.165) is 22.5 Å². The predicted molar refractivity (Wildman–Crippen MR) is 155 cm³/mol. The zero-order valence-corrected chi connectivity index (χ0v) is 23.2. The Morgan fingerprint density at radius 1 is 1.15 bits per heavy atom. The Labute approximate surface area is 236 Å². The van der Waals surface area contributed by atoms with Crippen LogP contribution in [0.15, 0.2) is 77.3 Å². The Bertz CT molecular complexity index is 1510. The molecule has 1 fully saturated rings. The number of aromatic nitrogens is 1. The van der Waals surface area contributed by atoms with Crippen molar-refractivity contribution in [1.82, 2.24) is 10.3 Å². The highest BCUT2D eigenvalue weighted by atomic mass is 35.5. The second-order valence-corrected chi connectivity index (χ2v) is 9.85. The number of nitrogens with zero attached hydrogens (tertiary/aromatic N) is 2. The number of benzene rings is 2. The number of nitrogens with one attached hydrogen (secondary N) is 2. The maximum Gasteiger partial charge on any atom is 0.250 e. The molecule has 0 aliphatic carbocycles. The third-order valence-electron chi connectivity index (χ3n) is 6.49. The highest BCUT2D eigenvalue weighted by molar-refractivity contribution is 7.80. The lowest BCUT2D eigenvalue weighted by Gasteiger charge is -2.27. The van der Waals surface area contributed by atoms with Crippen LogP contribution in [0.25, 0.3) is 11.3 Å². The van der Waals surface area contributed by atoms with E-state index in [1.54, 1.807) is 19.4 Å². The number of halogens is 1. The minimum absolute atomic E-state index is 0.0838. The van der Waals surface area contributed by atoms with Crippen LogP contribution >= 0.6 is 23.8 Å². The molecule has 2 aromatic heterocycles. The lowest BCUT2D eigenvalue weighted by molar-refractivity contribution is -0.119. The van der Waals surface area contributed by atoms with Crippen molar-refractivity contribution in [2.45, 2.75) is 19.0 Å². The van der Waals surface area contributed by atoms with Crippen LogP contribution in [0, 0.1) is 6.92 Å². The van der Waals surface area contributed by atoms with Gasteiger partial charge >= 0.3 is 0 Å². The van der Waals surface area contributed by atoms with E-state index in [2.05, 4.69) is 15.6 Å². The first-order chi connectivity index (χ1) is 18.9. The summed E-state index contributed by atoms with van der Waals surface area (Å²) in [4.78, 5) is 18.9. The summed E-state index contributed by atoms with van der Waals surface area (Å²) in [5, 5.41) is 7.39. The van der Waals surface area contributed by atoms with Crippen molar-refractivity contribution >= 4 is 46.2 Å². The minimum atomic E-state index is -0.378. The fraction of sp³-hybridized carbons (Fsp3) is 0.207. The first-order valence-corrected chi connectivity index (χ1v) is 13.0. The SMILES string of the molecule is COCC(=O)Nc1cc(N2C(=S)N[C@@H](c3ccccn3)[C@@H]2c2ccc(-c3cc(Cl)ccc3C)o2)ccc1OC. The molecule has 1 aliphatic rings. The molecule has 0 spiro atoms. The zero-order valence-electron chi connectivity index (χ0n) is 21.6. The summed E-state index contributed by atoms with van der Waals surface area (Å²) in [5.41, 5.74) is 4.00. The molecule has 3 heterocycles. The summed E-state index contributed by atoms with van der Waals surface area (Å²) in [6.45, 7) is 1.93. The Morgan fingerprint density at radius 3 is 2.74 bits per heavy atom. The van der Waals surface area contributed by atoms with Gasteiger partial charge in [0.25, 0.3) is 0 Å². The fourth-order valence-electron chi connectivity index (χ4n) is 4.70.